The van der Waals surface area contributed by atoms with Gasteiger partial charge in [0.2, 0.25) is 11.9 Å². The number of hydrogen-bond donors (Lipinski definition) is 1. The highest BCUT2D eigenvalue weighted by molar-refractivity contribution is 6.31. The Kier molecular flexibility index (Phi) is 4.55. The first-order chi connectivity index (χ1) is 11.8. The third-order valence-electron chi connectivity index (χ3n) is 3.73. The molecule has 1 N–H and O–H groups in total. The molecule has 0 spiro atoms. The molecule has 0 aliphatic carbocycles. The van der Waals surface area contributed by atoms with Gasteiger partial charge in [-0.3, -0.25) is 10.1 Å². The average Bonchev–Trinajstić information content (AvgIpc) is 2.49. The van der Waals surface area contributed by atoms with E-state index in [4.69, 9.17) is 11.6 Å². The lowest BCUT2D eigenvalue weighted by Crippen LogP contribution is -2.23. The lowest BCUT2D eigenvalue weighted by Gasteiger charge is -2.16. The summed E-state index contributed by atoms with van der Waals surface area (Å²) >= 11 is 6.22. The van der Waals surface area contributed by atoms with Crippen molar-refractivity contribution in [2.75, 3.05) is 5.32 Å². The topological polar surface area (TPSA) is 72.7 Å². The van der Waals surface area contributed by atoms with Crippen molar-refractivity contribution >= 4 is 23.5 Å². The van der Waals surface area contributed by atoms with Crippen LogP contribution in [-0.2, 0) is 0 Å². The quantitative estimate of drug-likeness (QED) is 0.776. The van der Waals surface area contributed by atoms with Crippen LogP contribution in [0, 0.1) is 27.7 Å². The first-order valence-corrected chi connectivity index (χ1v) is 8.18. The maximum Gasteiger partial charge on any atom is 0.259 e. The molecule has 0 radical (unpaired) electrons. The summed E-state index contributed by atoms with van der Waals surface area (Å²) in [6, 6.07) is 8.77. The number of aromatic nitrogens is 4. The van der Waals surface area contributed by atoms with Gasteiger partial charge in [-0.1, -0.05) is 17.7 Å². The molecule has 0 aliphatic heterocycles. The van der Waals surface area contributed by atoms with Crippen LogP contribution in [0.4, 0.5) is 11.9 Å². The highest BCUT2D eigenvalue weighted by Gasteiger charge is 2.14. The van der Waals surface area contributed by atoms with Crippen LogP contribution in [0.2, 0.25) is 5.02 Å². The van der Waals surface area contributed by atoms with E-state index in [1.54, 1.807) is 19.1 Å². The minimum absolute atomic E-state index is 0.204. The molecule has 6 nitrogen and oxygen atoms in total. The van der Waals surface area contributed by atoms with Gasteiger partial charge in [-0.05, 0) is 51.5 Å². The third kappa shape index (κ3) is 3.53. The zero-order valence-electron chi connectivity index (χ0n) is 14.5. The Bertz CT molecular complexity index is 993. The Labute approximate surface area is 150 Å². The Morgan fingerprint density at radius 1 is 0.960 bits per heavy atom. The first kappa shape index (κ1) is 17.1. The molecule has 0 atom stereocenters. The van der Waals surface area contributed by atoms with Gasteiger partial charge in [-0.15, -0.1) is 0 Å². The fraction of sp³-hybridized carbons (Fsp3) is 0.222. The highest BCUT2D eigenvalue weighted by Crippen LogP contribution is 2.24. The van der Waals surface area contributed by atoms with E-state index in [9.17, 15) is 4.79 Å². The summed E-state index contributed by atoms with van der Waals surface area (Å²) in [5.41, 5.74) is 3.52. The van der Waals surface area contributed by atoms with E-state index < -0.39 is 0 Å². The molecule has 7 heteroatoms. The van der Waals surface area contributed by atoms with Gasteiger partial charge in [0.1, 0.15) is 0 Å². The predicted molar refractivity (Wildman–Crippen MR) is 99.1 cm³/mol. The second kappa shape index (κ2) is 6.64. The Morgan fingerprint density at radius 2 is 1.60 bits per heavy atom. The summed E-state index contributed by atoms with van der Waals surface area (Å²) in [5, 5.41) is 3.65. The monoisotopic (exact) mass is 355 g/mol. The maximum atomic E-state index is 12.6. The smallest absolute Gasteiger partial charge is 0.259 e. The molecule has 1 aromatic carbocycles. The summed E-state index contributed by atoms with van der Waals surface area (Å²) in [6.07, 6.45) is 0. The van der Waals surface area contributed by atoms with E-state index >= 15 is 0 Å². The van der Waals surface area contributed by atoms with E-state index in [1.165, 1.54) is 10.6 Å². The van der Waals surface area contributed by atoms with Crippen LogP contribution in [0.25, 0.3) is 5.69 Å². The normalized spacial score (nSPS) is 10.8. The largest absolute Gasteiger partial charge is 0.294 e. The van der Waals surface area contributed by atoms with Crippen LogP contribution in [0.15, 0.2) is 35.1 Å². The van der Waals surface area contributed by atoms with Gasteiger partial charge in [-0.25, -0.2) is 19.5 Å². The molecule has 0 amide bonds. The molecule has 0 aliphatic rings. The molecular weight excluding hydrogens is 338 g/mol. The Balaban J connectivity index is 2.20. The average molecular weight is 356 g/mol. The van der Waals surface area contributed by atoms with Crippen LogP contribution >= 0.6 is 11.6 Å². The van der Waals surface area contributed by atoms with Crippen molar-refractivity contribution in [2.24, 2.45) is 0 Å². The summed E-state index contributed by atoms with van der Waals surface area (Å²) in [6.45, 7) is 7.40. The molecular formula is C18H18ClN5O. The third-order valence-corrected chi connectivity index (χ3v) is 4.14. The SMILES string of the molecule is Cc1cc(C)nc(Nc2nc(C)cc(=O)n2-c2cccc(Cl)c2C)n1. The molecule has 2 heterocycles. The van der Waals surface area contributed by atoms with Crippen molar-refractivity contribution < 1.29 is 0 Å². The van der Waals surface area contributed by atoms with E-state index in [0.29, 0.717) is 28.3 Å². The van der Waals surface area contributed by atoms with Crippen molar-refractivity contribution in [3.05, 3.63) is 68.4 Å². The fourth-order valence-electron chi connectivity index (χ4n) is 2.63. The van der Waals surface area contributed by atoms with E-state index in [2.05, 4.69) is 20.3 Å². The Hall–Kier alpha value is -2.73. The second-order valence-electron chi connectivity index (χ2n) is 5.88. The zero-order chi connectivity index (χ0) is 18.1. The molecule has 0 saturated heterocycles. The van der Waals surface area contributed by atoms with Gasteiger partial charge in [0, 0.05) is 28.2 Å². The maximum absolute atomic E-state index is 12.6. The number of nitrogens with one attached hydrogen (secondary N) is 1. The lowest BCUT2D eigenvalue weighted by atomic mass is 10.2. The van der Waals surface area contributed by atoms with E-state index in [1.807, 2.05) is 32.9 Å². The predicted octanol–water partition coefficient (Wildman–Crippen LogP) is 3.65. The standard InChI is InChI=1S/C18H18ClN5O/c1-10-8-11(2)21-17(20-10)23-18-22-12(3)9-16(25)24(18)15-7-5-6-14(19)13(15)4/h5-9H,1-4H3,(H,20,21,22,23). The molecule has 3 aromatic rings. The van der Waals surface area contributed by atoms with Gasteiger partial charge < -0.3 is 0 Å². The number of aryl methyl sites for hydroxylation is 3. The van der Waals surface area contributed by atoms with Crippen molar-refractivity contribution in [3.8, 4) is 5.69 Å². The number of anilines is 2. The first-order valence-electron chi connectivity index (χ1n) is 7.80. The van der Waals surface area contributed by atoms with Crippen molar-refractivity contribution in [3.63, 3.8) is 0 Å². The summed E-state index contributed by atoms with van der Waals surface area (Å²) in [7, 11) is 0. The minimum atomic E-state index is -0.204. The van der Waals surface area contributed by atoms with Crippen LogP contribution in [0.1, 0.15) is 22.6 Å². The van der Waals surface area contributed by atoms with Crippen molar-refractivity contribution in [1.29, 1.82) is 0 Å². The van der Waals surface area contributed by atoms with Gasteiger partial charge >= 0.3 is 0 Å². The van der Waals surface area contributed by atoms with E-state index in [-0.39, 0.29) is 5.56 Å². The molecule has 2 aromatic heterocycles. The molecule has 0 bridgehead atoms. The molecule has 0 fully saturated rings. The fourth-order valence-corrected chi connectivity index (χ4v) is 2.80. The highest BCUT2D eigenvalue weighted by atomic mass is 35.5. The molecule has 0 unspecified atom stereocenters. The van der Waals surface area contributed by atoms with Crippen LogP contribution in [0.3, 0.4) is 0 Å². The van der Waals surface area contributed by atoms with Gasteiger partial charge in [-0.2, -0.15) is 0 Å². The van der Waals surface area contributed by atoms with Gasteiger partial charge in [0.15, 0.2) is 0 Å². The lowest BCUT2D eigenvalue weighted by molar-refractivity contribution is 0.911. The number of benzene rings is 1. The summed E-state index contributed by atoms with van der Waals surface area (Å²) in [4.78, 5) is 25.8. The second-order valence-corrected chi connectivity index (χ2v) is 6.29. The van der Waals surface area contributed by atoms with Crippen LogP contribution < -0.4 is 10.9 Å². The molecule has 128 valence electrons. The van der Waals surface area contributed by atoms with Gasteiger partial charge in [0.25, 0.3) is 5.56 Å². The van der Waals surface area contributed by atoms with Crippen molar-refractivity contribution in [2.45, 2.75) is 27.7 Å². The number of hydrogen-bond acceptors (Lipinski definition) is 5. The van der Waals surface area contributed by atoms with Crippen LogP contribution in [0.5, 0.6) is 0 Å². The van der Waals surface area contributed by atoms with Crippen molar-refractivity contribution in [1.82, 2.24) is 19.5 Å². The number of halogens is 1. The summed E-state index contributed by atoms with van der Waals surface area (Å²) in [5.74, 6) is 0.740. The minimum Gasteiger partial charge on any atom is -0.294 e. The molecule has 25 heavy (non-hydrogen) atoms. The Morgan fingerprint density at radius 3 is 2.28 bits per heavy atom. The number of rotatable bonds is 3. The van der Waals surface area contributed by atoms with E-state index in [0.717, 1.165) is 17.0 Å². The summed E-state index contributed by atoms with van der Waals surface area (Å²) < 4.78 is 1.48. The molecule has 3 rings (SSSR count). The van der Waals surface area contributed by atoms with Gasteiger partial charge in [0.05, 0.1) is 5.69 Å². The number of nitrogens with zero attached hydrogens (tertiary/aromatic N) is 4. The molecule has 0 saturated carbocycles. The zero-order valence-corrected chi connectivity index (χ0v) is 15.2. The van der Waals surface area contributed by atoms with Crippen LogP contribution in [-0.4, -0.2) is 19.5 Å².